The van der Waals surface area contributed by atoms with Crippen molar-refractivity contribution in [1.29, 1.82) is 5.26 Å². The molecule has 1 aromatic carbocycles. The molecule has 1 fully saturated rings. The van der Waals surface area contributed by atoms with Gasteiger partial charge in [-0.2, -0.15) is 5.26 Å². The van der Waals surface area contributed by atoms with Crippen molar-refractivity contribution in [3.63, 3.8) is 0 Å². The summed E-state index contributed by atoms with van der Waals surface area (Å²) >= 11 is 0. The Kier molecular flexibility index (Phi) is 4.22. The maximum atomic E-state index is 9.42. The van der Waals surface area contributed by atoms with Gasteiger partial charge < -0.3 is 4.74 Å². The number of benzene rings is 1. The highest BCUT2D eigenvalue weighted by atomic mass is 16.5. The van der Waals surface area contributed by atoms with Gasteiger partial charge in [-0.15, -0.1) is 0 Å². The minimum Gasteiger partial charge on any atom is -0.497 e. The molecule has 1 aliphatic heterocycles. The molecule has 18 heavy (non-hydrogen) atoms. The molecule has 2 rings (SSSR count). The van der Waals surface area contributed by atoms with Crippen LogP contribution in [0.25, 0.3) is 0 Å². The lowest BCUT2D eigenvalue weighted by Gasteiger charge is -2.27. The molecule has 1 aliphatic rings. The molecule has 0 spiro atoms. The van der Waals surface area contributed by atoms with Gasteiger partial charge in [0.1, 0.15) is 11.8 Å². The van der Waals surface area contributed by atoms with E-state index in [0.717, 1.165) is 18.8 Å². The second-order valence-electron chi connectivity index (χ2n) is 4.88. The smallest absolute Gasteiger partial charge is 0.119 e. The molecule has 3 heteroatoms. The Bertz CT molecular complexity index is 432. The number of likely N-dealkylation sites (tertiary alicyclic amines) is 1. The molecule has 2 unspecified atom stereocenters. The molecule has 2 atom stereocenters. The molecule has 0 bridgehead atoms. The number of methoxy groups -OCH3 is 1. The van der Waals surface area contributed by atoms with E-state index in [2.05, 4.69) is 24.0 Å². The lowest BCUT2D eigenvalue weighted by atomic mass is 9.93. The third kappa shape index (κ3) is 2.65. The van der Waals surface area contributed by atoms with E-state index < -0.39 is 0 Å². The van der Waals surface area contributed by atoms with Gasteiger partial charge in [0.15, 0.2) is 0 Å². The summed E-state index contributed by atoms with van der Waals surface area (Å²) in [6.45, 7) is 4.22. The number of nitrogens with zero attached hydrogens (tertiary/aromatic N) is 2. The molecule has 0 aliphatic carbocycles. The van der Waals surface area contributed by atoms with E-state index in [-0.39, 0.29) is 12.0 Å². The quantitative estimate of drug-likeness (QED) is 0.817. The van der Waals surface area contributed by atoms with Crippen LogP contribution >= 0.6 is 0 Å². The maximum Gasteiger partial charge on any atom is 0.119 e. The molecule has 0 radical (unpaired) electrons. The number of rotatable bonds is 4. The first-order valence-electron chi connectivity index (χ1n) is 6.54. The van der Waals surface area contributed by atoms with Crippen LogP contribution in [0, 0.1) is 11.3 Å². The van der Waals surface area contributed by atoms with Crippen LogP contribution in [0.5, 0.6) is 5.75 Å². The predicted molar refractivity (Wildman–Crippen MR) is 71.6 cm³/mol. The Balaban J connectivity index is 2.17. The van der Waals surface area contributed by atoms with E-state index in [9.17, 15) is 5.26 Å². The Morgan fingerprint density at radius 1 is 1.33 bits per heavy atom. The van der Waals surface area contributed by atoms with Crippen LogP contribution in [-0.2, 0) is 0 Å². The van der Waals surface area contributed by atoms with Crippen molar-refractivity contribution in [2.24, 2.45) is 0 Å². The summed E-state index contributed by atoms with van der Waals surface area (Å²) < 4.78 is 5.25. The highest BCUT2D eigenvalue weighted by Crippen LogP contribution is 2.27. The van der Waals surface area contributed by atoms with Gasteiger partial charge in [-0.3, -0.25) is 4.90 Å². The minimum absolute atomic E-state index is 0.0281. The van der Waals surface area contributed by atoms with Crippen molar-refractivity contribution < 1.29 is 4.74 Å². The topological polar surface area (TPSA) is 36.3 Å². The summed E-state index contributed by atoms with van der Waals surface area (Å²) in [7, 11) is 1.67. The van der Waals surface area contributed by atoms with Gasteiger partial charge in [0.05, 0.1) is 13.2 Å². The molecule has 3 nitrogen and oxygen atoms in total. The zero-order valence-corrected chi connectivity index (χ0v) is 11.1. The maximum absolute atomic E-state index is 9.42. The van der Waals surface area contributed by atoms with E-state index in [1.807, 2.05) is 18.2 Å². The van der Waals surface area contributed by atoms with Crippen molar-refractivity contribution >= 4 is 0 Å². The number of ether oxygens (including phenoxy) is 1. The van der Waals surface area contributed by atoms with E-state index in [1.165, 1.54) is 18.4 Å². The van der Waals surface area contributed by atoms with E-state index in [0.29, 0.717) is 0 Å². The average Bonchev–Trinajstić information content (AvgIpc) is 2.93. The molecule has 1 heterocycles. The molecule has 1 saturated heterocycles. The fourth-order valence-corrected chi connectivity index (χ4v) is 2.64. The summed E-state index contributed by atoms with van der Waals surface area (Å²) in [5.41, 5.74) is 1.17. The number of hydrogen-bond donors (Lipinski definition) is 0. The molecule has 0 aromatic heterocycles. The summed E-state index contributed by atoms with van der Waals surface area (Å²) in [4.78, 5) is 2.30. The summed E-state index contributed by atoms with van der Waals surface area (Å²) in [5, 5.41) is 9.42. The van der Waals surface area contributed by atoms with Gasteiger partial charge in [-0.25, -0.2) is 0 Å². The Hall–Kier alpha value is -1.53. The van der Waals surface area contributed by atoms with Crippen LogP contribution in [0.1, 0.15) is 31.2 Å². The molecule has 96 valence electrons. The lowest BCUT2D eigenvalue weighted by Crippen LogP contribution is -2.35. The Labute approximate surface area is 109 Å². The zero-order chi connectivity index (χ0) is 13.0. The van der Waals surface area contributed by atoms with Gasteiger partial charge >= 0.3 is 0 Å². The van der Waals surface area contributed by atoms with Gasteiger partial charge in [0, 0.05) is 5.92 Å². The van der Waals surface area contributed by atoms with E-state index in [4.69, 9.17) is 4.74 Å². The highest BCUT2D eigenvalue weighted by molar-refractivity contribution is 5.32. The summed E-state index contributed by atoms with van der Waals surface area (Å²) in [6, 6.07) is 10.5. The Morgan fingerprint density at radius 2 is 2.06 bits per heavy atom. The molecule has 0 saturated carbocycles. The monoisotopic (exact) mass is 244 g/mol. The summed E-state index contributed by atoms with van der Waals surface area (Å²) in [6.07, 6.45) is 2.42. The fraction of sp³-hybridized carbons (Fsp3) is 0.533. The van der Waals surface area contributed by atoms with E-state index in [1.54, 1.807) is 7.11 Å². The molecular formula is C15H20N2O. The van der Waals surface area contributed by atoms with Gasteiger partial charge in [0.2, 0.25) is 0 Å². The van der Waals surface area contributed by atoms with Crippen molar-refractivity contribution in [3.8, 4) is 11.8 Å². The molecule has 1 aromatic rings. The van der Waals surface area contributed by atoms with Crippen LogP contribution < -0.4 is 4.74 Å². The van der Waals surface area contributed by atoms with Crippen molar-refractivity contribution in [3.05, 3.63) is 29.8 Å². The first kappa shape index (κ1) is 12.9. The van der Waals surface area contributed by atoms with Crippen molar-refractivity contribution in [2.45, 2.75) is 31.7 Å². The zero-order valence-electron chi connectivity index (χ0n) is 11.1. The second-order valence-corrected chi connectivity index (χ2v) is 4.88. The highest BCUT2D eigenvalue weighted by Gasteiger charge is 2.27. The van der Waals surface area contributed by atoms with Crippen LogP contribution in [0.15, 0.2) is 24.3 Å². The first-order valence-corrected chi connectivity index (χ1v) is 6.54. The second kappa shape index (κ2) is 5.88. The van der Waals surface area contributed by atoms with Crippen LogP contribution in [0.2, 0.25) is 0 Å². The lowest BCUT2D eigenvalue weighted by molar-refractivity contribution is 0.263. The number of nitriles is 1. The van der Waals surface area contributed by atoms with E-state index >= 15 is 0 Å². The third-order valence-corrected chi connectivity index (χ3v) is 3.76. The SMILES string of the molecule is COc1cccc(C(C)C(C#N)N2CCCC2)c1. The van der Waals surface area contributed by atoms with Gasteiger partial charge in [-0.1, -0.05) is 19.1 Å². The largest absolute Gasteiger partial charge is 0.497 e. The van der Waals surface area contributed by atoms with Gasteiger partial charge in [0.25, 0.3) is 0 Å². The predicted octanol–water partition coefficient (Wildman–Crippen LogP) is 2.79. The van der Waals surface area contributed by atoms with Crippen LogP contribution in [0.4, 0.5) is 0 Å². The Morgan fingerprint density at radius 3 is 2.67 bits per heavy atom. The van der Waals surface area contributed by atoms with Crippen molar-refractivity contribution in [2.75, 3.05) is 20.2 Å². The van der Waals surface area contributed by atoms with Crippen molar-refractivity contribution in [1.82, 2.24) is 4.90 Å². The average molecular weight is 244 g/mol. The standard InChI is InChI=1S/C15H20N2O/c1-12(13-6-5-7-14(10-13)18-2)15(11-16)17-8-3-4-9-17/h5-7,10,12,15H,3-4,8-9H2,1-2H3. The third-order valence-electron chi connectivity index (χ3n) is 3.76. The molecule has 0 amide bonds. The molecular weight excluding hydrogens is 224 g/mol. The summed E-state index contributed by atoms with van der Waals surface area (Å²) in [5.74, 6) is 1.07. The van der Waals surface area contributed by atoms with Gasteiger partial charge in [-0.05, 0) is 43.6 Å². The van der Waals surface area contributed by atoms with Crippen LogP contribution in [0.3, 0.4) is 0 Å². The number of hydrogen-bond acceptors (Lipinski definition) is 3. The normalized spacial score (nSPS) is 19.2. The first-order chi connectivity index (χ1) is 8.76. The fourth-order valence-electron chi connectivity index (χ4n) is 2.64. The minimum atomic E-state index is -0.0281. The molecule has 0 N–H and O–H groups in total. The van der Waals surface area contributed by atoms with Crippen LogP contribution in [-0.4, -0.2) is 31.1 Å².